The topological polar surface area (TPSA) is 47.4 Å². The molecule has 0 unspecified atom stereocenters. The van der Waals surface area contributed by atoms with E-state index < -0.39 is 0 Å². The number of rotatable bonds is 4. The Morgan fingerprint density at radius 1 is 1.25 bits per heavy atom. The second-order valence-corrected chi connectivity index (χ2v) is 6.48. The first-order chi connectivity index (χ1) is 11.6. The highest BCUT2D eigenvalue weighted by molar-refractivity contribution is 5.78. The Kier molecular flexibility index (Phi) is 5.00. The first-order valence-electron chi connectivity index (χ1n) is 8.51. The van der Waals surface area contributed by atoms with Crippen molar-refractivity contribution < 1.29 is 9.53 Å². The Hall–Kier alpha value is -2.14. The van der Waals surface area contributed by atoms with Crippen LogP contribution in [0.15, 0.2) is 30.3 Å². The van der Waals surface area contributed by atoms with Crippen molar-refractivity contribution in [3.05, 3.63) is 47.3 Å². The number of nitrogens with zero attached hydrogens (tertiary/aromatic N) is 3. The molecule has 2 heterocycles. The molecule has 5 nitrogen and oxygen atoms in total. The lowest BCUT2D eigenvalue weighted by Crippen LogP contribution is -2.35. The van der Waals surface area contributed by atoms with Gasteiger partial charge in [-0.1, -0.05) is 18.2 Å². The number of hydrogen-bond donors (Lipinski definition) is 0. The zero-order valence-corrected chi connectivity index (χ0v) is 14.7. The summed E-state index contributed by atoms with van der Waals surface area (Å²) in [5, 5.41) is 4.66. The molecule has 1 saturated heterocycles. The zero-order chi connectivity index (χ0) is 17.1. The van der Waals surface area contributed by atoms with Crippen LogP contribution in [0.25, 0.3) is 5.69 Å². The van der Waals surface area contributed by atoms with E-state index in [1.54, 1.807) is 0 Å². The average Bonchev–Trinajstić information content (AvgIpc) is 2.90. The summed E-state index contributed by atoms with van der Waals surface area (Å²) in [6, 6.07) is 10.1. The summed E-state index contributed by atoms with van der Waals surface area (Å²) in [5.41, 5.74) is 4.23. The number of carbonyl (C=O) groups is 1. The number of hydrogen-bond acceptors (Lipinski definition) is 3. The van der Waals surface area contributed by atoms with E-state index >= 15 is 0 Å². The zero-order valence-electron chi connectivity index (χ0n) is 14.7. The van der Waals surface area contributed by atoms with E-state index in [-0.39, 0.29) is 11.8 Å². The molecule has 1 aliphatic heterocycles. The molecule has 24 heavy (non-hydrogen) atoms. The van der Waals surface area contributed by atoms with Crippen molar-refractivity contribution in [2.24, 2.45) is 5.92 Å². The third-order valence-corrected chi connectivity index (χ3v) is 4.78. The quantitative estimate of drug-likeness (QED) is 0.867. The molecule has 1 aromatic heterocycles. The van der Waals surface area contributed by atoms with Crippen molar-refractivity contribution >= 4 is 5.91 Å². The minimum Gasteiger partial charge on any atom is -0.381 e. The van der Waals surface area contributed by atoms with Gasteiger partial charge in [0.25, 0.3) is 0 Å². The fourth-order valence-electron chi connectivity index (χ4n) is 3.30. The molecular weight excluding hydrogens is 302 g/mol. The molecule has 0 aliphatic carbocycles. The van der Waals surface area contributed by atoms with Crippen LogP contribution in [0.1, 0.15) is 29.8 Å². The average molecular weight is 327 g/mol. The highest BCUT2D eigenvalue weighted by atomic mass is 16.5. The van der Waals surface area contributed by atoms with Gasteiger partial charge in [-0.05, 0) is 38.8 Å². The molecule has 128 valence electrons. The van der Waals surface area contributed by atoms with Crippen molar-refractivity contribution in [3.8, 4) is 5.69 Å². The maximum atomic E-state index is 12.6. The van der Waals surface area contributed by atoms with Gasteiger partial charge in [0.1, 0.15) is 0 Å². The summed E-state index contributed by atoms with van der Waals surface area (Å²) in [6.45, 7) is 6.05. The van der Waals surface area contributed by atoms with E-state index in [1.807, 2.05) is 53.9 Å². The monoisotopic (exact) mass is 327 g/mol. The van der Waals surface area contributed by atoms with Crippen LogP contribution in [-0.2, 0) is 16.1 Å². The van der Waals surface area contributed by atoms with Crippen LogP contribution in [0, 0.1) is 19.8 Å². The lowest BCUT2D eigenvalue weighted by atomic mass is 9.98. The minimum atomic E-state index is 0.0912. The third-order valence-electron chi connectivity index (χ3n) is 4.78. The molecule has 0 radical (unpaired) electrons. The largest absolute Gasteiger partial charge is 0.381 e. The van der Waals surface area contributed by atoms with E-state index in [4.69, 9.17) is 4.74 Å². The Labute approximate surface area is 143 Å². The van der Waals surface area contributed by atoms with Crippen LogP contribution < -0.4 is 0 Å². The molecule has 5 heteroatoms. The van der Waals surface area contributed by atoms with Gasteiger partial charge < -0.3 is 9.64 Å². The van der Waals surface area contributed by atoms with Gasteiger partial charge in [0, 0.05) is 44.0 Å². The molecule has 1 aromatic carbocycles. The number of carbonyl (C=O) groups excluding carboxylic acids is 1. The summed E-state index contributed by atoms with van der Waals surface area (Å²) < 4.78 is 7.31. The van der Waals surface area contributed by atoms with Gasteiger partial charge in [-0.2, -0.15) is 5.10 Å². The van der Waals surface area contributed by atoms with Gasteiger partial charge in [-0.15, -0.1) is 0 Å². The molecular formula is C19H25N3O2. The molecule has 1 aliphatic rings. The Balaban J connectivity index is 1.77. The van der Waals surface area contributed by atoms with Gasteiger partial charge in [-0.3, -0.25) is 4.79 Å². The Morgan fingerprint density at radius 3 is 2.58 bits per heavy atom. The lowest BCUT2D eigenvalue weighted by Gasteiger charge is -2.26. The van der Waals surface area contributed by atoms with Crippen LogP contribution in [0.2, 0.25) is 0 Å². The van der Waals surface area contributed by atoms with Gasteiger partial charge in [-0.25, -0.2) is 4.68 Å². The van der Waals surface area contributed by atoms with Crippen molar-refractivity contribution in [2.75, 3.05) is 20.3 Å². The summed E-state index contributed by atoms with van der Waals surface area (Å²) in [5.74, 6) is 0.304. The van der Waals surface area contributed by atoms with Crippen LogP contribution in [0.3, 0.4) is 0 Å². The normalized spacial score (nSPS) is 15.5. The fourth-order valence-corrected chi connectivity index (χ4v) is 3.30. The van der Waals surface area contributed by atoms with Crippen LogP contribution in [0.4, 0.5) is 0 Å². The van der Waals surface area contributed by atoms with E-state index in [1.165, 1.54) is 0 Å². The standard InChI is InChI=1S/C19H25N3O2/c1-14-18(13-21(3)19(23)16-9-11-24-12-10-16)15(2)22(20-14)17-7-5-4-6-8-17/h4-8,16H,9-13H2,1-3H3. The Bertz CT molecular complexity index is 703. The van der Waals surface area contributed by atoms with Crippen molar-refractivity contribution in [3.63, 3.8) is 0 Å². The fraction of sp³-hybridized carbons (Fsp3) is 0.474. The molecule has 2 aromatic rings. The van der Waals surface area contributed by atoms with Crippen LogP contribution in [-0.4, -0.2) is 40.8 Å². The predicted molar refractivity (Wildman–Crippen MR) is 93.1 cm³/mol. The predicted octanol–water partition coefficient (Wildman–Crippen LogP) is 2.87. The minimum absolute atomic E-state index is 0.0912. The molecule has 3 rings (SSSR count). The van der Waals surface area contributed by atoms with Gasteiger partial charge in [0.2, 0.25) is 5.91 Å². The SMILES string of the molecule is Cc1nn(-c2ccccc2)c(C)c1CN(C)C(=O)C1CCOCC1. The Morgan fingerprint density at radius 2 is 1.92 bits per heavy atom. The first-order valence-corrected chi connectivity index (χ1v) is 8.51. The summed E-state index contributed by atoms with van der Waals surface area (Å²) in [4.78, 5) is 14.5. The first kappa shape index (κ1) is 16.7. The highest BCUT2D eigenvalue weighted by Gasteiger charge is 2.25. The second kappa shape index (κ2) is 7.18. The molecule has 0 atom stereocenters. The molecule has 0 bridgehead atoms. The van der Waals surface area contributed by atoms with Crippen LogP contribution in [0.5, 0.6) is 0 Å². The maximum absolute atomic E-state index is 12.6. The van der Waals surface area contributed by atoms with Crippen molar-refractivity contribution in [1.82, 2.24) is 14.7 Å². The molecule has 1 fully saturated rings. The molecule has 0 spiro atoms. The summed E-state index contributed by atoms with van der Waals surface area (Å²) >= 11 is 0. The lowest BCUT2D eigenvalue weighted by molar-refractivity contribution is -0.137. The van der Waals surface area contributed by atoms with Gasteiger partial charge in [0.15, 0.2) is 0 Å². The molecule has 0 N–H and O–H groups in total. The van der Waals surface area contributed by atoms with Crippen molar-refractivity contribution in [2.45, 2.75) is 33.2 Å². The number of aryl methyl sites for hydroxylation is 1. The molecule has 0 saturated carbocycles. The number of amides is 1. The van der Waals surface area contributed by atoms with Gasteiger partial charge in [0.05, 0.1) is 11.4 Å². The smallest absolute Gasteiger partial charge is 0.225 e. The summed E-state index contributed by atoms with van der Waals surface area (Å²) in [6.07, 6.45) is 1.65. The van der Waals surface area contributed by atoms with Gasteiger partial charge >= 0.3 is 0 Å². The van der Waals surface area contributed by atoms with E-state index in [0.29, 0.717) is 19.8 Å². The number of benzene rings is 1. The second-order valence-electron chi connectivity index (χ2n) is 6.48. The van der Waals surface area contributed by atoms with E-state index in [9.17, 15) is 4.79 Å². The number of ether oxygens (including phenoxy) is 1. The maximum Gasteiger partial charge on any atom is 0.225 e. The number of aromatic nitrogens is 2. The molecule has 1 amide bonds. The third kappa shape index (κ3) is 3.36. The van der Waals surface area contributed by atoms with E-state index in [0.717, 1.165) is 35.5 Å². The van der Waals surface area contributed by atoms with Crippen LogP contribution >= 0.6 is 0 Å². The highest BCUT2D eigenvalue weighted by Crippen LogP contribution is 2.22. The number of para-hydroxylation sites is 1. The van der Waals surface area contributed by atoms with Crippen molar-refractivity contribution in [1.29, 1.82) is 0 Å². The van der Waals surface area contributed by atoms with E-state index in [2.05, 4.69) is 12.0 Å². The summed E-state index contributed by atoms with van der Waals surface area (Å²) in [7, 11) is 1.89.